The number of aliphatic hydroxyl groups excluding tert-OH is 1. The van der Waals surface area contributed by atoms with E-state index < -0.39 is 0 Å². The van der Waals surface area contributed by atoms with Gasteiger partial charge in [0, 0.05) is 6.92 Å². The standard InChI is InChI=1S/C16H34N2O2/c1-5-6-7-8-9-10-11-12-13-16(20)14-18(3,4)17-15(2)19/h16,20H,5-14H2,1-4H3/p+1. The highest BCUT2D eigenvalue weighted by atomic mass is 16.3. The number of nitrogens with one attached hydrogen (secondary N) is 1. The predicted molar refractivity (Wildman–Crippen MR) is 84.0 cm³/mol. The molecule has 0 bridgehead atoms. The molecule has 1 amide bonds. The van der Waals surface area contributed by atoms with E-state index in [0.29, 0.717) is 11.1 Å². The zero-order valence-electron chi connectivity index (χ0n) is 14.0. The van der Waals surface area contributed by atoms with E-state index in [2.05, 4.69) is 12.3 Å². The maximum Gasteiger partial charge on any atom is 0.261 e. The lowest BCUT2D eigenvalue weighted by molar-refractivity contribution is -0.927. The highest BCUT2D eigenvalue weighted by molar-refractivity contribution is 5.71. The minimum atomic E-state index is -0.336. The molecule has 0 heterocycles. The van der Waals surface area contributed by atoms with Crippen molar-refractivity contribution >= 4 is 5.91 Å². The summed E-state index contributed by atoms with van der Waals surface area (Å²) in [6, 6.07) is 0. The quantitative estimate of drug-likeness (QED) is 0.329. The van der Waals surface area contributed by atoms with Crippen molar-refractivity contribution in [3.63, 3.8) is 0 Å². The van der Waals surface area contributed by atoms with Crippen molar-refractivity contribution in [2.75, 3.05) is 20.6 Å². The first-order valence-corrected chi connectivity index (χ1v) is 8.17. The molecule has 0 saturated carbocycles. The molecule has 0 rings (SSSR count). The fraction of sp³-hybridized carbons (Fsp3) is 0.938. The van der Waals surface area contributed by atoms with E-state index in [9.17, 15) is 9.90 Å². The average molecular weight is 287 g/mol. The number of carbonyl (C=O) groups excluding carboxylic acids is 1. The topological polar surface area (TPSA) is 49.3 Å². The van der Waals surface area contributed by atoms with Gasteiger partial charge in [0.25, 0.3) is 5.91 Å². The summed E-state index contributed by atoms with van der Waals surface area (Å²) < 4.78 is 0.341. The van der Waals surface area contributed by atoms with Gasteiger partial charge in [0.1, 0.15) is 12.6 Å². The number of hydrogen-bond donors (Lipinski definition) is 2. The molecule has 0 fully saturated rings. The number of nitrogens with zero attached hydrogens (tertiary/aromatic N) is 1. The summed E-state index contributed by atoms with van der Waals surface area (Å²) in [6.07, 6.45) is 10.7. The lowest BCUT2D eigenvalue weighted by Crippen LogP contribution is -2.56. The summed E-state index contributed by atoms with van der Waals surface area (Å²) in [6.45, 7) is 4.31. The van der Waals surface area contributed by atoms with Crippen LogP contribution in [-0.4, -0.2) is 42.3 Å². The summed E-state index contributed by atoms with van der Waals surface area (Å²) in [4.78, 5) is 11.0. The average Bonchev–Trinajstić information content (AvgIpc) is 2.30. The van der Waals surface area contributed by atoms with Crippen molar-refractivity contribution in [1.29, 1.82) is 0 Å². The van der Waals surface area contributed by atoms with Crippen LogP contribution < -0.4 is 5.43 Å². The van der Waals surface area contributed by atoms with Gasteiger partial charge in [0.15, 0.2) is 0 Å². The third-order valence-corrected chi connectivity index (χ3v) is 3.52. The van der Waals surface area contributed by atoms with E-state index in [1.54, 1.807) is 0 Å². The Bertz CT molecular complexity index is 255. The number of aliphatic hydroxyl groups is 1. The van der Waals surface area contributed by atoms with Crippen LogP contribution in [0.1, 0.15) is 71.6 Å². The summed E-state index contributed by atoms with van der Waals surface area (Å²) in [5.74, 6) is -0.0609. The fourth-order valence-electron chi connectivity index (χ4n) is 2.60. The zero-order chi connectivity index (χ0) is 15.4. The Labute approximate surface area is 125 Å². The molecule has 4 nitrogen and oxygen atoms in total. The molecule has 0 spiro atoms. The van der Waals surface area contributed by atoms with Gasteiger partial charge >= 0.3 is 0 Å². The van der Waals surface area contributed by atoms with E-state index in [-0.39, 0.29) is 12.0 Å². The first-order chi connectivity index (χ1) is 9.37. The normalized spacial score (nSPS) is 13.2. The fourth-order valence-corrected chi connectivity index (χ4v) is 2.60. The van der Waals surface area contributed by atoms with Crippen LogP contribution in [0.15, 0.2) is 0 Å². The third-order valence-electron chi connectivity index (χ3n) is 3.52. The number of unbranched alkanes of at least 4 members (excludes halogenated alkanes) is 7. The van der Waals surface area contributed by atoms with Crippen LogP contribution in [0.3, 0.4) is 0 Å². The summed E-state index contributed by atoms with van der Waals surface area (Å²) >= 11 is 0. The van der Waals surface area contributed by atoms with Gasteiger partial charge < -0.3 is 5.11 Å². The van der Waals surface area contributed by atoms with Crippen molar-refractivity contribution in [2.24, 2.45) is 0 Å². The highest BCUT2D eigenvalue weighted by Gasteiger charge is 2.21. The largest absolute Gasteiger partial charge is 0.387 e. The molecular weight excluding hydrogens is 252 g/mol. The SMILES string of the molecule is CCCCCCCCCCC(O)C[N+](C)(C)NC(C)=O. The van der Waals surface area contributed by atoms with Gasteiger partial charge in [0.2, 0.25) is 0 Å². The van der Waals surface area contributed by atoms with Crippen molar-refractivity contribution in [3.8, 4) is 0 Å². The predicted octanol–water partition coefficient (Wildman–Crippen LogP) is 3.01. The molecule has 0 aliphatic rings. The zero-order valence-corrected chi connectivity index (χ0v) is 14.0. The molecule has 0 saturated heterocycles. The highest BCUT2D eigenvalue weighted by Crippen LogP contribution is 2.11. The van der Waals surface area contributed by atoms with E-state index in [1.165, 1.54) is 51.9 Å². The second kappa shape index (κ2) is 11.1. The molecule has 0 aromatic rings. The molecule has 4 heteroatoms. The van der Waals surface area contributed by atoms with E-state index in [1.807, 2.05) is 14.1 Å². The second-order valence-corrected chi connectivity index (χ2v) is 6.45. The molecule has 0 aromatic heterocycles. The molecule has 120 valence electrons. The first-order valence-electron chi connectivity index (χ1n) is 8.17. The van der Waals surface area contributed by atoms with Crippen LogP contribution >= 0.6 is 0 Å². The van der Waals surface area contributed by atoms with E-state index in [0.717, 1.165) is 12.8 Å². The van der Waals surface area contributed by atoms with Gasteiger partial charge in [-0.1, -0.05) is 58.3 Å². The molecule has 0 radical (unpaired) electrons. The van der Waals surface area contributed by atoms with E-state index in [4.69, 9.17) is 0 Å². The van der Waals surface area contributed by atoms with Gasteiger partial charge in [-0.15, -0.1) is 0 Å². The Balaban J connectivity index is 3.53. The number of rotatable bonds is 12. The van der Waals surface area contributed by atoms with Crippen LogP contribution in [0.4, 0.5) is 0 Å². The Kier molecular flexibility index (Phi) is 10.8. The number of likely N-dealkylation sites (N-methyl/N-ethyl adjacent to an activating group) is 1. The Morgan fingerprint density at radius 3 is 2.05 bits per heavy atom. The lowest BCUT2D eigenvalue weighted by atomic mass is 10.1. The van der Waals surface area contributed by atoms with Crippen molar-refractivity contribution in [2.45, 2.75) is 77.7 Å². The Hall–Kier alpha value is -0.610. The van der Waals surface area contributed by atoms with Gasteiger partial charge in [-0.05, 0) is 6.42 Å². The van der Waals surface area contributed by atoms with Crippen LogP contribution in [0.5, 0.6) is 0 Å². The number of carbonyl (C=O) groups is 1. The molecule has 20 heavy (non-hydrogen) atoms. The number of hydrogen-bond acceptors (Lipinski definition) is 2. The van der Waals surface area contributed by atoms with Gasteiger partial charge in [-0.2, -0.15) is 0 Å². The third kappa shape index (κ3) is 12.4. The maximum atomic E-state index is 11.0. The smallest absolute Gasteiger partial charge is 0.261 e. The minimum absolute atomic E-state index is 0.0609. The lowest BCUT2D eigenvalue weighted by Gasteiger charge is -2.30. The van der Waals surface area contributed by atoms with Crippen LogP contribution in [0, 0.1) is 0 Å². The van der Waals surface area contributed by atoms with Gasteiger partial charge in [0.05, 0.1) is 14.1 Å². The maximum absolute atomic E-state index is 11.0. The number of amides is 1. The summed E-state index contributed by atoms with van der Waals surface area (Å²) in [7, 11) is 3.80. The Morgan fingerprint density at radius 2 is 1.55 bits per heavy atom. The van der Waals surface area contributed by atoms with Crippen LogP contribution in [0.25, 0.3) is 0 Å². The van der Waals surface area contributed by atoms with Crippen molar-refractivity contribution < 1.29 is 14.5 Å². The van der Waals surface area contributed by atoms with Crippen LogP contribution in [0.2, 0.25) is 0 Å². The van der Waals surface area contributed by atoms with Crippen molar-refractivity contribution in [1.82, 2.24) is 5.43 Å². The molecule has 0 aliphatic heterocycles. The van der Waals surface area contributed by atoms with Gasteiger partial charge in [-0.3, -0.25) is 4.79 Å². The molecule has 1 atom stereocenters. The molecule has 0 aliphatic carbocycles. The Morgan fingerprint density at radius 1 is 1.05 bits per heavy atom. The van der Waals surface area contributed by atoms with Gasteiger partial charge in [-0.25, -0.2) is 10.0 Å². The van der Waals surface area contributed by atoms with E-state index >= 15 is 0 Å². The first kappa shape index (κ1) is 19.4. The number of quaternary nitrogens is 1. The molecule has 0 aromatic carbocycles. The second-order valence-electron chi connectivity index (χ2n) is 6.45. The molecule has 1 unspecified atom stereocenters. The van der Waals surface area contributed by atoms with Crippen LogP contribution in [-0.2, 0) is 4.79 Å². The monoisotopic (exact) mass is 287 g/mol. The minimum Gasteiger partial charge on any atom is -0.387 e. The van der Waals surface area contributed by atoms with Crippen molar-refractivity contribution in [3.05, 3.63) is 0 Å². The summed E-state index contributed by atoms with van der Waals surface area (Å²) in [5, 5.41) is 10.0. The molecular formula is C16H35N2O2+. The molecule has 2 N–H and O–H groups in total. The summed E-state index contributed by atoms with van der Waals surface area (Å²) in [5.41, 5.74) is 2.82.